The number of hydrogen-bond donors (Lipinski definition) is 3. The molecule has 8 heteroatoms. The molecule has 0 spiro atoms. The van der Waals surface area contributed by atoms with Crippen LogP contribution in [0.5, 0.6) is 0 Å². The summed E-state index contributed by atoms with van der Waals surface area (Å²) >= 11 is 1.40. The van der Waals surface area contributed by atoms with E-state index < -0.39 is 29.0 Å². The normalized spacial score (nSPS) is 13.4. The molecule has 0 aliphatic carbocycles. The third-order valence-electron chi connectivity index (χ3n) is 2.47. The third kappa shape index (κ3) is 5.68. The summed E-state index contributed by atoms with van der Waals surface area (Å²) in [5.41, 5.74) is -1.18. The van der Waals surface area contributed by atoms with Gasteiger partial charge in [-0.2, -0.15) is 11.8 Å². The molecule has 0 aliphatic rings. The lowest BCUT2D eigenvalue weighted by molar-refractivity contribution is -0.136. The van der Waals surface area contributed by atoms with Gasteiger partial charge in [0, 0.05) is 24.1 Å². The highest BCUT2D eigenvalue weighted by atomic mass is 32.2. The first-order chi connectivity index (χ1) is 9.75. The summed E-state index contributed by atoms with van der Waals surface area (Å²) in [5, 5.41) is 14.2. The van der Waals surface area contributed by atoms with Crippen LogP contribution in [0.1, 0.15) is 6.92 Å². The molecule has 0 saturated carbocycles. The van der Waals surface area contributed by atoms with Crippen molar-refractivity contribution in [3.8, 4) is 0 Å². The number of amides is 2. The molecule has 0 aliphatic heterocycles. The average molecular weight is 318 g/mol. The van der Waals surface area contributed by atoms with Gasteiger partial charge in [0.25, 0.3) is 0 Å². The van der Waals surface area contributed by atoms with Crippen LogP contribution in [-0.4, -0.2) is 41.1 Å². The Kier molecular flexibility index (Phi) is 6.10. The molecule has 1 rings (SSSR count). The number of halogens is 2. The molecule has 0 bridgehead atoms. The van der Waals surface area contributed by atoms with Crippen molar-refractivity contribution in [2.24, 2.45) is 0 Å². The van der Waals surface area contributed by atoms with Crippen LogP contribution in [0.3, 0.4) is 0 Å². The molecule has 0 radical (unpaired) electrons. The molecular formula is C13H16F2N2O3S. The Labute approximate surface area is 125 Å². The van der Waals surface area contributed by atoms with Crippen molar-refractivity contribution < 1.29 is 23.5 Å². The molecular weight excluding hydrogens is 302 g/mol. The second kappa shape index (κ2) is 7.37. The molecule has 3 N–H and O–H groups in total. The van der Waals surface area contributed by atoms with E-state index in [-0.39, 0.29) is 12.2 Å². The second-order valence-corrected chi connectivity index (χ2v) is 5.56. The van der Waals surface area contributed by atoms with E-state index in [1.54, 1.807) is 6.26 Å². The Balaban J connectivity index is 2.55. The summed E-state index contributed by atoms with van der Waals surface area (Å²) in [4.78, 5) is 23.1. The summed E-state index contributed by atoms with van der Waals surface area (Å²) in [5.74, 6) is -3.79. The van der Waals surface area contributed by atoms with Gasteiger partial charge in [-0.05, 0) is 25.3 Å². The maximum Gasteiger partial charge on any atom is 0.313 e. The molecule has 1 aromatic carbocycles. The smallest absolute Gasteiger partial charge is 0.313 e. The van der Waals surface area contributed by atoms with Gasteiger partial charge in [0.05, 0.1) is 5.60 Å². The van der Waals surface area contributed by atoms with Crippen LogP contribution in [0, 0.1) is 11.6 Å². The average Bonchev–Trinajstić information content (AvgIpc) is 2.40. The minimum absolute atomic E-state index is 0.0371. The van der Waals surface area contributed by atoms with Crippen LogP contribution in [0.15, 0.2) is 18.2 Å². The molecule has 116 valence electrons. The molecule has 5 nitrogen and oxygen atoms in total. The maximum atomic E-state index is 13.0. The zero-order valence-corrected chi connectivity index (χ0v) is 12.4. The number of nitrogens with one attached hydrogen (secondary N) is 2. The summed E-state index contributed by atoms with van der Waals surface area (Å²) in [6, 6.07) is 2.74. The molecule has 2 amide bonds. The molecule has 1 atom stereocenters. The molecule has 1 unspecified atom stereocenters. The highest BCUT2D eigenvalue weighted by molar-refractivity contribution is 7.98. The van der Waals surface area contributed by atoms with Crippen molar-refractivity contribution in [1.82, 2.24) is 5.32 Å². The van der Waals surface area contributed by atoms with E-state index >= 15 is 0 Å². The van der Waals surface area contributed by atoms with Crippen molar-refractivity contribution >= 4 is 29.3 Å². The Morgan fingerprint density at radius 3 is 2.52 bits per heavy atom. The van der Waals surface area contributed by atoms with Crippen molar-refractivity contribution in [2.45, 2.75) is 12.5 Å². The summed E-state index contributed by atoms with van der Waals surface area (Å²) < 4.78 is 25.7. The van der Waals surface area contributed by atoms with Gasteiger partial charge >= 0.3 is 11.8 Å². The summed E-state index contributed by atoms with van der Waals surface area (Å²) in [7, 11) is 0. The van der Waals surface area contributed by atoms with Crippen LogP contribution in [-0.2, 0) is 9.59 Å². The van der Waals surface area contributed by atoms with Gasteiger partial charge in [0.15, 0.2) is 11.6 Å². The van der Waals surface area contributed by atoms with E-state index in [1.807, 2.05) is 0 Å². The largest absolute Gasteiger partial charge is 0.387 e. The Morgan fingerprint density at radius 2 is 1.95 bits per heavy atom. The van der Waals surface area contributed by atoms with Gasteiger partial charge in [-0.25, -0.2) is 8.78 Å². The van der Waals surface area contributed by atoms with Crippen molar-refractivity contribution in [3.63, 3.8) is 0 Å². The fourth-order valence-corrected chi connectivity index (χ4v) is 2.20. The predicted octanol–water partition coefficient (Wildman–Crippen LogP) is 1.13. The molecule has 21 heavy (non-hydrogen) atoms. The number of carbonyl (C=O) groups is 2. The van der Waals surface area contributed by atoms with Crippen molar-refractivity contribution in [1.29, 1.82) is 0 Å². The molecule has 0 aromatic heterocycles. The third-order valence-corrected chi connectivity index (χ3v) is 3.38. The first kappa shape index (κ1) is 17.4. The minimum atomic E-state index is -1.14. The van der Waals surface area contributed by atoms with Crippen molar-refractivity contribution in [2.75, 3.05) is 23.9 Å². The maximum absolute atomic E-state index is 13.0. The first-order valence-electron chi connectivity index (χ1n) is 6.01. The number of benzene rings is 1. The van der Waals surface area contributed by atoms with Crippen LogP contribution >= 0.6 is 11.8 Å². The molecule has 0 saturated heterocycles. The SMILES string of the molecule is CSCC(C)(O)CNC(=O)C(=O)Nc1ccc(F)c(F)c1. The quantitative estimate of drug-likeness (QED) is 0.711. The van der Waals surface area contributed by atoms with E-state index in [0.717, 1.165) is 18.2 Å². The first-order valence-corrected chi connectivity index (χ1v) is 7.40. The van der Waals surface area contributed by atoms with Gasteiger partial charge in [0.2, 0.25) is 0 Å². The number of anilines is 1. The van der Waals surface area contributed by atoms with E-state index in [2.05, 4.69) is 10.6 Å². The molecule has 0 heterocycles. The number of rotatable bonds is 5. The minimum Gasteiger partial charge on any atom is -0.387 e. The van der Waals surface area contributed by atoms with Gasteiger partial charge in [-0.15, -0.1) is 0 Å². The van der Waals surface area contributed by atoms with Crippen LogP contribution in [0.2, 0.25) is 0 Å². The van der Waals surface area contributed by atoms with E-state index in [1.165, 1.54) is 18.7 Å². The number of carbonyl (C=O) groups excluding carboxylic acids is 2. The highest BCUT2D eigenvalue weighted by Crippen LogP contribution is 2.13. The zero-order chi connectivity index (χ0) is 16.0. The fourth-order valence-electron chi connectivity index (χ4n) is 1.47. The predicted molar refractivity (Wildman–Crippen MR) is 77.0 cm³/mol. The molecule has 1 aromatic rings. The summed E-state index contributed by atoms with van der Waals surface area (Å²) in [6.07, 6.45) is 1.80. The molecule has 0 fully saturated rings. The fraction of sp³-hybridized carbons (Fsp3) is 0.385. The lowest BCUT2D eigenvalue weighted by Gasteiger charge is -2.22. The number of thioether (sulfide) groups is 1. The van der Waals surface area contributed by atoms with E-state index in [9.17, 15) is 23.5 Å². The van der Waals surface area contributed by atoms with Crippen LogP contribution in [0.25, 0.3) is 0 Å². The zero-order valence-electron chi connectivity index (χ0n) is 11.6. The van der Waals surface area contributed by atoms with Gasteiger partial charge < -0.3 is 15.7 Å². The Hall–Kier alpha value is -1.67. The monoisotopic (exact) mass is 318 g/mol. The topological polar surface area (TPSA) is 78.4 Å². The number of hydrogen-bond acceptors (Lipinski definition) is 4. The lowest BCUT2D eigenvalue weighted by atomic mass is 10.1. The van der Waals surface area contributed by atoms with Crippen LogP contribution < -0.4 is 10.6 Å². The standard InChI is InChI=1S/C13H16F2N2O3S/c1-13(20,7-21-2)6-16-11(18)12(19)17-8-3-4-9(14)10(15)5-8/h3-5,20H,6-7H2,1-2H3,(H,16,18)(H,17,19). The number of aliphatic hydroxyl groups is 1. The highest BCUT2D eigenvalue weighted by Gasteiger charge is 2.22. The van der Waals surface area contributed by atoms with Gasteiger partial charge in [-0.1, -0.05) is 0 Å². The van der Waals surface area contributed by atoms with Gasteiger partial charge in [-0.3, -0.25) is 9.59 Å². The van der Waals surface area contributed by atoms with E-state index in [0.29, 0.717) is 5.75 Å². The Bertz CT molecular complexity index is 538. The van der Waals surface area contributed by atoms with Gasteiger partial charge in [0.1, 0.15) is 0 Å². The van der Waals surface area contributed by atoms with E-state index in [4.69, 9.17) is 0 Å². The second-order valence-electron chi connectivity index (χ2n) is 4.70. The Morgan fingerprint density at radius 1 is 1.29 bits per heavy atom. The summed E-state index contributed by atoms with van der Waals surface area (Å²) in [6.45, 7) is 1.43. The van der Waals surface area contributed by atoms with Crippen molar-refractivity contribution in [3.05, 3.63) is 29.8 Å². The lowest BCUT2D eigenvalue weighted by Crippen LogP contribution is -2.45. The van der Waals surface area contributed by atoms with Crippen LogP contribution in [0.4, 0.5) is 14.5 Å².